The average molecular weight is 341 g/mol. The lowest BCUT2D eigenvalue weighted by molar-refractivity contribution is -0.127. The molecule has 2 amide bonds. The molecule has 1 atom stereocenters. The number of rotatable bonds is 8. The number of nitrogens with one attached hydrogen (secondary N) is 3. The molecule has 0 aromatic heterocycles. The summed E-state index contributed by atoms with van der Waals surface area (Å²) < 4.78 is 5.12. The predicted molar refractivity (Wildman–Crippen MR) is 97.4 cm³/mol. The van der Waals surface area contributed by atoms with Gasteiger partial charge in [0.05, 0.1) is 7.11 Å². The fourth-order valence-corrected chi connectivity index (χ4v) is 2.30. The van der Waals surface area contributed by atoms with E-state index in [-0.39, 0.29) is 11.8 Å². The highest BCUT2D eigenvalue weighted by molar-refractivity contribution is 5.88. The Morgan fingerprint density at radius 2 is 1.72 bits per heavy atom. The highest BCUT2D eigenvalue weighted by Gasteiger charge is 2.18. The van der Waals surface area contributed by atoms with Gasteiger partial charge in [-0.1, -0.05) is 30.3 Å². The fraction of sp³-hybridized carbons (Fsp3) is 0.263. The molecule has 0 saturated carbocycles. The summed E-state index contributed by atoms with van der Waals surface area (Å²) >= 11 is 0. The maximum absolute atomic E-state index is 12.4. The second-order valence-corrected chi connectivity index (χ2v) is 5.53. The zero-order chi connectivity index (χ0) is 18.1. The molecule has 6 heteroatoms. The van der Waals surface area contributed by atoms with Crippen molar-refractivity contribution in [3.05, 3.63) is 60.2 Å². The lowest BCUT2D eigenvalue weighted by atomic mass is 10.1. The van der Waals surface area contributed by atoms with E-state index in [0.717, 1.165) is 17.0 Å². The van der Waals surface area contributed by atoms with Crippen LogP contribution in [0.15, 0.2) is 54.6 Å². The summed E-state index contributed by atoms with van der Waals surface area (Å²) in [5.74, 6) is 0.233. The van der Waals surface area contributed by atoms with Crippen LogP contribution in [0.1, 0.15) is 12.5 Å². The van der Waals surface area contributed by atoms with Crippen LogP contribution in [0.5, 0.6) is 5.75 Å². The molecule has 0 heterocycles. The third-order valence-corrected chi connectivity index (χ3v) is 3.57. The first kappa shape index (κ1) is 18.3. The van der Waals surface area contributed by atoms with Gasteiger partial charge < -0.3 is 20.7 Å². The standard InChI is InChI=1S/C19H23N3O3/c1-14(23)21-18(22-16-6-4-3-5-7-16)19(24)20-13-12-15-8-10-17(25-2)11-9-15/h3-11,18,22H,12-13H2,1-2H3,(H,20,24)(H,21,23). The lowest BCUT2D eigenvalue weighted by Gasteiger charge is -2.20. The summed E-state index contributed by atoms with van der Waals surface area (Å²) in [5, 5.41) is 8.46. The highest BCUT2D eigenvalue weighted by atomic mass is 16.5. The number of ether oxygens (including phenoxy) is 1. The van der Waals surface area contributed by atoms with Gasteiger partial charge in [0.15, 0.2) is 6.17 Å². The summed E-state index contributed by atoms with van der Waals surface area (Å²) in [4.78, 5) is 23.7. The van der Waals surface area contributed by atoms with Crippen molar-refractivity contribution in [1.82, 2.24) is 10.6 Å². The lowest BCUT2D eigenvalue weighted by Crippen LogP contribution is -2.51. The minimum atomic E-state index is -0.823. The fourth-order valence-electron chi connectivity index (χ4n) is 2.30. The Kier molecular flexibility index (Phi) is 6.83. The maximum atomic E-state index is 12.4. The molecule has 3 N–H and O–H groups in total. The van der Waals surface area contributed by atoms with E-state index in [1.807, 2.05) is 54.6 Å². The van der Waals surface area contributed by atoms with E-state index in [0.29, 0.717) is 13.0 Å². The molecule has 1 unspecified atom stereocenters. The number of methoxy groups -OCH3 is 1. The molecule has 2 rings (SSSR count). The molecule has 0 spiro atoms. The van der Waals surface area contributed by atoms with E-state index in [2.05, 4.69) is 16.0 Å². The van der Waals surface area contributed by atoms with Crippen molar-refractivity contribution < 1.29 is 14.3 Å². The monoisotopic (exact) mass is 341 g/mol. The van der Waals surface area contributed by atoms with Crippen LogP contribution >= 0.6 is 0 Å². The molecule has 0 aliphatic heterocycles. The van der Waals surface area contributed by atoms with Crippen molar-refractivity contribution in [3.63, 3.8) is 0 Å². The molecule has 6 nitrogen and oxygen atoms in total. The topological polar surface area (TPSA) is 79.5 Å². The van der Waals surface area contributed by atoms with Gasteiger partial charge in [0.2, 0.25) is 5.91 Å². The maximum Gasteiger partial charge on any atom is 0.263 e. The van der Waals surface area contributed by atoms with E-state index >= 15 is 0 Å². The van der Waals surface area contributed by atoms with Crippen molar-refractivity contribution >= 4 is 17.5 Å². The summed E-state index contributed by atoms with van der Waals surface area (Å²) in [6.45, 7) is 1.85. The third kappa shape index (κ3) is 6.18. The quantitative estimate of drug-likeness (QED) is 0.641. The summed E-state index contributed by atoms with van der Waals surface area (Å²) in [6, 6.07) is 16.9. The molecule has 132 valence electrons. The van der Waals surface area contributed by atoms with Crippen LogP contribution in [0.3, 0.4) is 0 Å². The van der Waals surface area contributed by atoms with Gasteiger partial charge in [0, 0.05) is 19.2 Å². The highest BCUT2D eigenvalue weighted by Crippen LogP contribution is 2.11. The van der Waals surface area contributed by atoms with Crippen LogP contribution in [0.2, 0.25) is 0 Å². The first-order valence-corrected chi connectivity index (χ1v) is 8.08. The molecular formula is C19H23N3O3. The van der Waals surface area contributed by atoms with Crippen molar-refractivity contribution in [2.45, 2.75) is 19.5 Å². The van der Waals surface area contributed by atoms with E-state index in [9.17, 15) is 9.59 Å². The summed E-state index contributed by atoms with van der Waals surface area (Å²) in [5.41, 5.74) is 1.85. The number of amides is 2. The van der Waals surface area contributed by atoms with E-state index in [1.54, 1.807) is 7.11 Å². The van der Waals surface area contributed by atoms with Gasteiger partial charge >= 0.3 is 0 Å². The molecule has 0 aliphatic carbocycles. The van der Waals surface area contributed by atoms with E-state index in [1.165, 1.54) is 6.92 Å². The number of para-hydroxylation sites is 1. The number of carbonyl (C=O) groups excluding carboxylic acids is 2. The van der Waals surface area contributed by atoms with Gasteiger partial charge in [-0.15, -0.1) is 0 Å². The predicted octanol–water partition coefficient (Wildman–Crippen LogP) is 1.93. The second kappa shape index (κ2) is 9.32. The van der Waals surface area contributed by atoms with Crippen molar-refractivity contribution in [1.29, 1.82) is 0 Å². The second-order valence-electron chi connectivity index (χ2n) is 5.53. The Morgan fingerprint density at radius 3 is 2.32 bits per heavy atom. The van der Waals surface area contributed by atoms with Crippen LogP contribution < -0.4 is 20.7 Å². The number of anilines is 1. The molecule has 0 saturated heterocycles. The smallest absolute Gasteiger partial charge is 0.263 e. The molecule has 0 aliphatic rings. The van der Waals surface area contributed by atoms with Gasteiger partial charge in [-0.2, -0.15) is 0 Å². The summed E-state index contributed by atoms with van der Waals surface area (Å²) in [6.07, 6.45) is -0.135. The van der Waals surface area contributed by atoms with Crippen LogP contribution in [0.4, 0.5) is 5.69 Å². The minimum absolute atomic E-state index is 0.279. The SMILES string of the molecule is COc1ccc(CCNC(=O)C(NC(C)=O)Nc2ccccc2)cc1. The average Bonchev–Trinajstić information content (AvgIpc) is 2.62. The minimum Gasteiger partial charge on any atom is -0.497 e. The Labute approximate surface area is 147 Å². The van der Waals surface area contributed by atoms with Crippen LogP contribution in [0.25, 0.3) is 0 Å². The largest absolute Gasteiger partial charge is 0.497 e. The number of hydrogen-bond acceptors (Lipinski definition) is 4. The van der Waals surface area contributed by atoms with E-state index in [4.69, 9.17) is 4.74 Å². The van der Waals surface area contributed by atoms with Crippen molar-refractivity contribution in [2.24, 2.45) is 0 Å². The van der Waals surface area contributed by atoms with E-state index < -0.39 is 6.17 Å². The first-order chi connectivity index (χ1) is 12.1. The first-order valence-electron chi connectivity index (χ1n) is 8.08. The Hall–Kier alpha value is -3.02. The molecule has 0 fully saturated rings. The number of benzene rings is 2. The van der Waals surface area contributed by atoms with Gasteiger partial charge in [-0.25, -0.2) is 0 Å². The number of hydrogen-bond donors (Lipinski definition) is 3. The van der Waals surface area contributed by atoms with Gasteiger partial charge in [-0.05, 0) is 36.2 Å². The zero-order valence-electron chi connectivity index (χ0n) is 14.4. The Balaban J connectivity index is 1.88. The van der Waals surface area contributed by atoms with Crippen LogP contribution in [-0.4, -0.2) is 31.6 Å². The Morgan fingerprint density at radius 1 is 1.04 bits per heavy atom. The summed E-state index contributed by atoms with van der Waals surface area (Å²) in [7, 11) is 1.62. The molecule has 0 bridgehead atoms. The molecule has 25 heavy (non-hydrogen) atoms. The van der Waals surface area contributed by atoms with Gasteiger partial charge in [0.25, 0.3) is 5.91 Å². The molecular weight excluding hydrogens is 318 g/mol. The van der Waals surface area contributed by atoms with Crippen molar-refractivity contribution in [3.8, 4) is 5.75 Å². The third-order valence-electron chi connectivity index (χ3n) is 3.57. The molecule has 2 aromatic carbocycles. The van der Waals surface area contributed by atoms with Crippen molar-refractivity contribution in [2.75, 3.05) is 19.0 Å². The van der Waals surface area contributed by atoms with Gasteiger partial charge in [-0.3, -0.25) is 9.59 Å². The Bertz CT molecular complexity index is 687. The van der Waals surface area contributed by atoms with Crippen LogP contribution in [0, 0.1) is 0 Å². The number of carbonyl (C=O) groups is 2. The normalized spacial score (nSPS) is 11.3. The zero-order valence-corrected chi connectivity index (χ0v) is 14.4. The molecule has 2 aromatic rings. The van der Waals surface area contributed by atoms with Crippen LogP contribution in [-0.2, 0) is 16.0 Å². The van der Waals surface area contributed by atoms with Gasteiger partial charge in [0.1, 0.15) is 5.75 Å². The molecule has 0 radical (unpaired) electrons.